The largest absolute Gasteiger partial charge is 0.543 e. The molecule has 2 atom stereocenters. The summed E-state index contributed by atoms with van der Waals surface area (Å²) in [7, 11) is 0. The molecule has 0 aliphatic carbocycles. The first-order valence-electron chi connectivity index (χ1n) is 12.0. The smallest absolute Gasteiger partial charge is 0.282 e. The molecule has 2 aliphatic heterocycles. The number of nitrogens with one attached hydrogen (secondary N) is 2. The van der Waals surface area contributed by atoms with Gasteiger partial charge in [0, 0.05) is 28.2 Å². The van der Waals surface area contributed by atoms with Crippen molar-refractivity contribution in [1.29, 1.82) is 0 Å². The number of imidazole rings is 1. The van der Waals surface area contributed by atoms with Gasteiger partial charge in [0.2, 0.25) is 22.8 Å². The van der Waals surface area contributed by atoms with Gasteiger partial charge in [0.25, 0.3) is 17.6 Å². The third-order valence-electron chi connectivity index (χ3n) is 6.06. The second-order valence-electron chi connectivity index (χ2n) is 8.61. The molecule has 0 saturated carbocycles. The number of aromatic nitrogens is 4. The van der Waals surface area contributed by atoms with Gasteiger partial charge in [-0.15, -0.1) is 11.8 Å². The van der Waals surface area contributed by atoms with Gasteiger partial charge < -0.3 is 31.1 Å². The van der Waals surface area contributed by atoms with Gasteiger partial charge in [0.15, 0.2) is 5.13 Å². The van der Waals surface area contributed by atoms with Crippen molar-refractivity contribution in [2.24, 2.45) is 5.16 Å². The highest BCUT2D eigenvalue weighted by Gasteiger charge is 2.53. The first-order chi connectivity index (χ1) is 19.3. The Kier molecular flexibility index (Phi) is 7.99. The zero-order valence-electron chi connectivity index (χ0n) is 20.9. The predicted molar refractivity (Wildman–Crippen MR) is 143 cm³/mol. The van der Waals surface area contributed by atoms with Gasteiger partial charge in [-0.25, -0.2) is 4.57 Å². The Hall–Kier alpha value is -4.03. The first kappa shape index (κ1) is 27.5. The summed E-state index contributed by atoms with van der Waals surface area (Å²) in [4.78, 5) is 60.6. The lowest BCUT2D eigenvalue weighted by Gasteiger charge is -2.50. The van der Waals surface area contributed by atoms with E-state index in [4.69, 9.17) is 10.6 Å². The van der Waals surface area contributed by atoms with Crippen molar-refractivity contribution in [2.75, 3.05) is 18.1 Å². The number of aliphatic carboxylic acids is 1. The number of thiazole rings is 1. The van der Waals surface area contributed by atoms with Crippen LogP contribution in [0, 0.1) is 0 Å². The molecular formula is C22H23N9O6S3. The number of fused-ring (bicyclic) bond motifs is 2. The number of nitrogen functional groups attached to an aromatic ring is 1. The molecule has 3 aromatic rings. The Bertz CT molecular complexity index is 1540. The van der Waals surface area contributed by atoms with E-state index in [0.29, 0.717) is 18.4 Å². The zero-order valence-corrected chi connectivity index (χ0v) is 23.4. The number of β-lactam (4-membered cyclic amide) rings is 1. The van der Waals surface area contributed by atoms with E-state index in [-0.39, 0.29) is 47.8 Å². The van der Waals surface area contributed by atoms with Gasteiger partial charge in [0.1, 0.15) is 43.5 Å². The Balaban J connectivity index is 1.37. The van der Waals surface area contributed by atoms with Crippen molar-refractivity contribution >= 4 is 74.5 Å². The van der Waals surface area contributed by atoms with Gasteiger partial charge in [-0.3, -0.25) is 19.3 Å². The number of nitrogens with two attached hydrogens (primary N) is 1. The minimum absolute atomic E-state index is 0.0435. The predicted octanol–water partition coefficient (Wildman–Crippen LogP) is -1.80. The zero-order chi connectivity index (χ0) is 28.4. The van der Waals surface area contributed by atoms with Crippen molar-refractivity contribution < 1.29 is 33.7 Å². The van der Waals surface area contributed by atoms with E-state index in [9.17, 15) is 24.3 Å². The van der Waals surface area contributed by atoms with Crippen LogP contribution in [-0.2, 0) is 37.1 Å². The Labute approximate surface area is 238 Å². The molecule has 3 amide bonds. The van der Waals surface area contributed by atoms with Crippen molar-refractivity contribution in [3.8, 4) is 0 Å². The molecule has 1 fully saturated rings. The van der Waals surface area contributed by atoms with Gasteiger partial charge in [-0.2, -0.15) is 13.8 Å². The Morgan fingerprint density at radius 3 is 2.95 bits per heavy atom. The van der Waals surface area contributed by atoms with Crippen molar-refractivity contribution in [3.63, 3.8) is 0 Å². The fourth-order valence-electron chi connectivity index (χ4n) is 4.33. The quantitative estimate of drug-likeness (QED) is 0.0528. The van der Waals surface area contributed by atoms with Crippen LogP contribution in [0.5, 0.6) is 0 Å². The van der Waals surface area contributed by atoms with E-state index in [2.05, 4.69) is 25.1 Å². The lowest BCUT2D eigenvalue weighted by atomic mass is 10.0. The monoisotopic (exact) mass is 605 g/mol. The van der Waals surface area contributed by atoms with Crippen LogP contribution < -0.4 is 26.0 Å². The van der Waals surface area contributed by atoms with Crippen LogP contribution in [0.1, 0.15) is 25.0 Å². The van der Waals surface area contributed by atoms with E-state index < -0.39 is 29.2 Å². The maximum atomic E-state index is 13.2. The number of nitrogens with zero attached hydrogens (tertiary/aromatic N) is 6. The molecule has 40 heavy (non-hydrogen) atoms. The van der Waals surface area contributed by atoms with Gasteiger partial charge in [-0.1, -0.05) is 23.4 Å². The summed E-state index contributed by atoms with van der Waals surface area (Å²) in [5, 5.41) is 22.7. The molecule has 18 heteroatoms. The van der Waals surface area contributed by atoms with Crippen LogP contribution >= 0.6 is 34.6 Å². The number of amides is 3. The number of oxime groups is 1. The normalized spacial score (nSPS) is 18.9. The molecule has 3 aromatic heterocycles. The third kappa shape index (κ3) is 5.11. The highest BCUT2D eigenvalue weighted by Crippen LogP contribution is 2.40. The van der Waals surface area contributed by atoms with Crippen LogP contribution in [0.2, 0.25) is 0 Å². The molecule has 0 aromatic carbocycles. The van der Waals surface area contributed by atoms with E-state index >= 15 is 0 Å². The molecule has 210 valence electrons. The number of hydrogen-bond donors (Lipinski definition) is 3. The number of carboxylic acid groups (broad SMARTS) is 1. The van der Waals surface area contributed by atoms with E-state index in [1.165, 1.54) is 23.1 Å². The topological polar surface area (TPSA) is 200 Å². The molecule has 0 radical (unpaired) electrons. The summed E-state index contributed by atoms with van der Waals surface area (Å²) >= 11 is 3.68. The molecule has 0 spiro atoms. The minimum Gasteiger partial charge on any atom is -0.543 e. The first-order valence-corrected chi connectivity index (χ1v) is 14.7. The van der Waals surface area contributed by atoms with E-state index in [0.717, 1.165) is 27.1 Å². The van der Waals surface area contributed by atoms with Crippen LogP contribution in [0.4, 0.5) is 5.13 Å². The minimum atomic E-state index is -1.50. The number of carboxylic acids is 1. The van der Waals surface area contributed by atoms with Crippen molar-refractivity contribution in [2.45, 2.75) is 37.8 Å². The molecule has 0 unspecified atom stereocenters. The second-order valence-corrected chi connectivity index (χ2v) is 11.4. The molecule has 15 nitrogen and oxygen atoms in total. The highest BCUT2D eigenvalue weighted by molar-refractivity contribution is 8.00. The summed E-state index contributed by atoms with van der Waals surface area (Å²) < 4.78 is 7.73. The van der Waals surface area contributed by atoms with Crippen LogP contribution in [0.15, 0.2) is 34.2 Å². The molecule has 0 bridgehead atoms. The maximum Gasteiger partial charge on any atom is 0.282 e. The van der Waals surface area contributed by atoms with Gasteiger partial charge >= 0.3 is 0 Å². The van der Waals surface area contributed by atoms with E-state index in [1.807, 2.05) is 33.7 Å². The summed E-state index contributed by atoms with van der Waals surface area (Å²) in [5.74, 6) is -1.90. The summed E-state index contributed by atoms with van der Waals surface area (Å²) in [5.41, 5.74) is 5.63. The Morgan fingerprint density at radius 1 is 1.43 bits per heavy atom. The fraction of sp³-hybridized carbons (Fsp3) is 0.364. The number of carbonyl (C=O) groups excluding carboxylic acids is 4. The molecular weight excluding hydrogens is 583 g/mol. The lowest BCUT2D eigenvalue weighted by Crippen LogP contribution is -2.71. The average Bonchev–Trinajstić information content (AvgIpc) is 3.65. The molecule has 5 rings (SSSR count). The van der Waals surface area contributed by atoms with Gasteiger partial charge in [-0.05, 0) is 6.42 Å². The molecule has 4 N–H and O–H groups in total. The summed E-state index contributed by atoms with van der Waals surface area (Å²) in [6.45, 7) is 2.50. The van der Waals surface area contributed by atoms with Crippen molar-refractivity contribution in [1.82, 2.24) is 29.3 Å². The lowest BCUT2D eigenvalue weighted by molar-refractivity contribution is -0.695. The average molecular weight is 606 g/mol. The SMILES string of the molecule is CCCO/N=C(\C(=O)N[C@@H]1C(=O)N2C(C(=O)[O-])=C(C[n+]3cc4sccn4c3CNC=O)CS[C@H]12)c1nsc(N)n1. The highest BCUT2D eigenvalue weighted by atomic mass is 32.2. The number of rotatable bonds is 12. The van der Waals surface area contributed by atoms with Crippen LogP contribution in [0.3, 0.4) is 0 Å². The number of carbonyl (C=O) groups is 4. The fourth-order valence-corrected chi connectivity index (χ4v) is 6.88. The Morgan fingerprint density at radius 2 is 2.25 bits per heavy atom. The third-order valence-corrected chi connectivity index (χ3v) is 8.75. The standard InChI is InChI=1S/C22H23N9O6S3/c1-2-4-37-27-14(17-26-22(23)40-28-17)18(33)25-15-19(34)31-16(21(35)36)11(9-39-20(15)31)7-29-8-13-30(3-5-38-13)12(29)6-24-10-32/h3,5,8,10,15,20H,2,4,6-7,9H2,1H3,(H4-,23,24,25,26,28,32,33,35,36)/b27-14-/t15-,20-/m1/s1. The molecule has 1 saturated heterocycles. The number of anilines is 1. The molecule has 2 aliphatic rings. The molecule has 5 heterocycles. The van der Waals surface area contributed by atoms with Crippen molar-refractivity contribution in [3.05, 3.63) is 40.7 Å². The van der Waals surface area contributed by atoms with Gasteiger partial charge in [0.05, 0.1) is 11.7 Å². The van der Waals surface area contributed by atoms with E-state index in [1.54, 1.807) is 0 Å². The summed E-state index contributed by atoms with van der Waals surface area (Å²) in [6.07, 6.45) is 4.94. The maximum absolute atomic E-state index is 13.2. The van der Waals surface area contributed by atoms with Crippen LogP contribution in [-0.4, -0.2) is 72.3 Å². The van der Waals surface area contributed by atoms with Crippen LogP contribution in [0.25, 0.3) is 4.83 Å². The number of thioether (sulfide) groups is 1. The second kappa shape index (κ2) is 11.6. The number of hydrogen-bond acceptors (Lipinski definition) is 13. The summed E-state index contributed by atoms with van der Waals surface area (Å²) in [6, 6.07) is -1.01.